The molecule has 1 rings (SSSR count). The average Bonchev–Trinajstić information content (AvgIpc) is 2.20. The Morgan fingerprint density at radius 2 is 2.06 bits per heavy atom. The van der Waals surface area contributed by atoms with Crippen LogP contribution in [0.4, 0.5) is 23.4 Å². The maximum absolute atomic E-state index is 12.4. The first-order valence-corrected chi connectivity index (χ1v) is 4.36. The van der Waals surface area contributed by atoms with E-state index in [4.69, 9.17) is 5.73 Å². The fourth-order valence-corrected chi connectivity index (χ4v) is 0.889. The van der Waals surface area contributed by atoms with E-state index in [1.54, 1.807) is 0 Å². The SMILES string of the molecule is Nc1ccc(COCC(F)(F)C(F)F)cn1. The monoisotopic (exact) mass is 238 g/mol. The number of nitrogens with two attached hydrogens (primary N) is 1. The number of hydrogen-bond acceptors (Lipinski definition) is 3. The van der Waals surface area contributed by atoms with Crippen molar-refractivity contribution in [3.05, 3.63) is 23.9 Å². The Balaban J connectivity index is 2.39. The van der Waals surface area contributed by atoms with E-state index in [1.807, 2.05) is 0 Å². The molecule has 0 aromatic carbocycles. The molecule has 3 nitrogen and oxygen atoms in total. The zero-order valence-corrected chi connectivity index (χ0v) is 8.17. The molecule has 0 radical (unpaired) electrons. The highest BCUT2D eigenvalue weighted by Crippen LogP contribution is 2.23. The molecule has 0 unspecified atom stereocenters. The zero-order chi connectivity index (χ0) is 12.2. The van der Waals surface area contributed by atoms with Crippen molar-refractivity contribution in [3.8, 4) is 0 Å². The van der Waals surface area contributed by atoms with Crippen LogP contribution >= 0.6 is 0 Å². The second-order valence-electron chi connectivity index (χ2n) is 3.15. The third-order valence-electron chi connectivity index (χ3n) is 1.73. The zero-order valence-electron chi connectivity index (χ0n) is 8.17. The highest BCUT2D eigenvalue weighted by atomic mass is 19.3. The minimum atomic E-state index is -4.12. The van der Waals surface area contributed by atoms with Crippen LogP contribution in [-0.4, -0.2) is 23.9 Å². The molecule has 90 valence electrons. The highest BCUT2D eigenvalue weighted by molar-refractivity contribution is 5.28. The van der Waals surface area contributed by atoms with Crippen LogP contribution in [0.15, 0.2) is 18.3 Å². The topological polar surface area (TPSA) is 48.1 Å². The number of rotatable bonds is 5. The molecule has 0 aliphatic rings. The molecule has 0 aliphatic carbocycles. The second-order valence-corrected chi connectivity index (χ2v) is 3.15. The van der Waals surface area contributed by atoms with Crippen LogP contribution in [-0.2, 0) is 11.3 Å². The standard InChI is InChI=1S/C9H10F4N2O/c10-8(11)9(12,13)5-16-4-6-1-2-7(14)15-3-6/h1-3,8H,4-5H2,(H2,14,15). The maximum atomic E-state index is 12.4. The van der Waals surface area contributed by atoms with Gasteiger partial charge in [-0.2, -0.15) is 8.78 Å². The molecule has 0 spiro atoms. The number of nitrogen functional groups attached to an aromatic ring is 1. The van der Waals surface area contributed by atoms with Crippen molar-refractivity contribution >= 4 is 5.82 Å². The van der Waals surface area contributed by atoms with Crippen molar-refractivity contribution in [2.24, 2.45) is 0 Å². The summed E-state index contributed by atoms with van der Waals surface area (Å²) in [5, 5.41) is 0. The number of ether oxygens (including phenoxy) is 1. The Hall–Kier alpha value is -1.37. The van der Waals surface area contributed by atoms with Crippen molar-refractivity contribution < 1.29 is 22.3 Å². The summed E-state index contributed by atoms with van der Waals surface area (Å²) in [6, 6.07) is 2.98. The Bertz CT molecular complexity index is 329. The molecule has 1 aromatic heterocycles. The van der Waals surface area contributed by atoms with Gasteiger partial charge in [-0.05, 0) is 11.6 Å². The van der Waals surface area contributed by atoms with E-state index in [9.17, 15) is 17.6 Å². The van der Waals surface area contributed by atoms with Crippen LogP contribution in [0, 0.1) is 0 Å². The van der Waals surface area contributed by atoms with Crippen molar-refractivity contribution in [2.45, 2.75) is 19.0 Å². The molecule has 0 saturated heterocycles. The average molecular weight is 238 g/mol. The van der Waals surface area contributed by atoms with Crippen LogP contribution in [0.2, 0.25) is 0 Å². The number of aromatic nitrogens is 1. The minimum Gasteiger partial charge on any atom is -0.384 e. The van der Waals surface area contributed by atoms with Crippen LogP contribution in [0.1, 0.15) is 5.56 Å². The third kappa shape index (κ3) is 3.65. The van der Waals surface area contributed by atoms with E-state index in [0.717, 1.165) is 0 Å². The summed E-state index contributed by atoms with van der Waals surface area (Å²) in [7, 11) is 0. The van der Waals surface area contributed by atoms with Gasteiger partial charge in [-0.25, -0.2) is 13.8 Å². The molecule has 0 atom stereocenters. The summed E-state index contributed by atoms with van der Waals surface area (Å²) in [5.41, 5.74) is 5.78. The van der Waals surface area contributed by atoms with Gasteiger partial charge in [0.1, 0.15) is 12.4 Å². The van der Waals surface area contributed by atoms with E-state index in [2.05, 4.69) is 9.72 Å². The van der Waals surface area contributed by atoms with Gasteiger partial charge in [-0.3, -0.25) is 0 Å². The fraction of sp³-hybridized carbons (Fsp3) is 0.444. The van der Waals surface area contributed by atoms with E-state index in [0.29, 0.717) is 5.56 Å². The van der Waals surface area contributed by atoms with Gasteiger partial charge >= 0.3 is 12.3 Å². The van der Waals surface area contributed by atoms with E-state index < -0.39 is 19.0 Å². The first kappa shape index (κ1) is 12.7. The van der Waals surface area contributed by atoms with Gasteiger partial charge in [0.25, 0.3) is 0 Å². The lowest BCUT2D eigenvalue weighted by atomic mass is 10.3. The molecule has 7 heteroatoms. The maximum Gasteiger partial charge on any atom is 0.330 e. The van der Waals surface area contributed by atoms with Crippen molar-refractivity contribution in [2.75, 3.05) is 12.3 Å². The quantitative estimate of drug-likeness (QED) is 0.799. The van der Waals surface area contributed by atoms with Crippen LogP contribution < -0.4 is 5.73 Å². The van der Waals surface area contributed by atoms with Crippen molar-refractivity contribution in [1.29, 1.82) is 0 Å². The smallest absolute Gasteiger partial charge is 0.330 e. The van der Waals surface area contributed by atoms with Crippen LogP contribution in [0.5, 0.6) is 0 Å². The predicted octanol–water partition coefficient (Wildman–Crippen LogP) is 2.08. The van der Waals surface area contributed by atoms with Gasteiger partial charge in [-0.15, -0.1) is 0 Å². The molecule has 0 amide bonds. The molecule has 16 heavy (non-hydrogen) atoms. The van der Waals surface area contributed by atoms with Gasteiger partial charge in [0.05, 0.1) is 6.61 Å². The molecule has 0 bridgehead atoms. The normalized spacial score (nSPS) is 12.1. The van der Waals surface area contributed by atoms with Gasteiger partial charge < -0.3 is 10.5 Å². The fourth-order valence-electron chi connectivity index (χ4n) is 0.889. The van der Waals surface area contributed by atoms with E-state index >= 15 is 0 Å². The number of pyridine rings is 1. The molecule has 2 N–H and O–H groups in total. The van der Waals surface area contributed by atoms with Crippen LogP contribution in [0.3, 0.4) is 0 Å². The molecule has 1 aromatic rings. The molecule has 1 heterocycles. The van der Waals surface area contributed by atoms with E-state index in [-0.39, 0.29) is 12.4 Å². The molecule has 0 aliphatic heterocycles. The van der Waals surface area contributed by atoms with Crippen molar-refractivity contribution in [1.82, 2.24) is 4.98 Å². The highest BCUT2D eigenvalue weighted by Gasteiger charge is 2.40. The molecular weight excluding hydrogens is 228 g/mol. The van der Waals surface area contributed by atoms with Crippen LogP contribution in [0.25, 0.3) is 0 Å². The summed E-state index contributed by atoms with van der Waals surface area (Å²) in [6.07, 6.45) is -2.40. The Morgan fingerprint density at radius 3 is 2.56 bits per heavy atom. The number of nitrogens with zero attached hydrogens (tertiary/aromatic N) is 1. The lowest BCUT2D eigenvalue weighted by molar-refractivity contribution is -0.168. The summed E-state index contributed by atoms with van der Waals surface area (Å²) < 4.78 is 52.7. The molecule has 0 fully saturated rings. The molecule has 0 saturated carbocycles. The number of halogens is 4. The lowest BCUT2D eigenvalue weighted by Crippen LogP contribution is -2.32. The number of alkyl halides is 4. The summed E-state index contributed by atoms with van der Waals surface area (Å²) in [6.45, 7) is -1.54. The summed E-state index contributed by atoms with van der Waals surface area (Å²) in [5.74, 6) is -3.84. The Morgan fingerprint density at radius 1 is 1.38 bits per heavy atom. The number of anilines is 1. The van der Waals surface area contributed by atoms with Gasteiger partial charge in [0.2, 0.25) is 0 Å². The van der Waals surface area contributed by atoms with E-state index in [1.165, 1.54) is 18.3 Å². The minimum absolute atomic E-state index is 0.213. The first-order valence-electron chi connectivity index (χ1n) is 4.36. The Labute approximate surface area is 89.2 Å². The molecular formula is C9H10F4N2O. The van der Waals surface area contributed by atoms with Crippen molar-refractivity contribution in [3.63, 3.8) is 0 Å². The summed E-state index contributed by atoms with van der Waals surface area (Å²) >= 11 is 0. The van der Waals surface area contributed by atoms with Gasteiger partial charge in [0.15, 0.2) is 0 Å². The van der Waals surface area contributed by atoms with Gasteiger partial charge in [0, 0.05) is 6.20 Å². The predicted molar refractivity (Wildman–Crippen MR) is 49.3 cm³/mol. The van der Waals surface area contributed by atoms with Gasteiger partial charge in [-0.1, -0.05) is 6.07 Å². The second kappa shape index (κ2) is 5.11. The first-order chi connectivity index (χ1) is 7.42. The third-order valence-corrected chi connectivity index (χ3v) is 1.73. The summed E-state index contributed by atoms with van der Waals surface area (Å²) in [4.78, 5) is 3.69. The largest absolute Gasteiger partial charge is 0.384 e. The number of hydrogen-bond donors (Lipinski definition) is 1. The Kier molecular flexibility index (Phi) is 4.05. The lowest BCUT2D eigenvalue weighted by Gasteiger charge is -2.14.